The van der Waals surface area contributed by atoms with E-state index in [2.05, 4.69) is 31.1 Å². The predicted molar refractivity (Wildman–Crippen MR) is 115 cm³/mol. The zero-order valence-electron chi connectivity index (χ0n) is 16.3. The quantitative estimate of drug-likeness (QED) is 0.358. The molecule has 2 fully saturated rings. The average molecular weight is 467 g/mol. The van der Waals surface area contributed by atoms with Crippen molar-refractivity contribution in [1.82, 2.24) is 10.2 Å². The molecule has 1 aliphatic heterocycles. The highest BCUT2D eigenvalue weighted by Gasteiger charge is 2.35. The van der Waals surface area contributed by atoms with Crippen molar-refractivity contribution in [3.8, 4) is 0 Å². The van der Waals surface area contributed by atoms with Crippen molar-refractivity contribution in [1.29, 1.82) is 0 Å². The van der Waals surface area contributed by atoms with E-state index in [1.54, 1.807) is 0 Å². The molecule has 148 valence electrons. The van der Waals surface area contributed by atoms with E-state index >= 15 is 0 Å². The number of rotatable bonds is 6. The summed E-state index contributed by atoms with van der Waals surface area (Å²) >= 11 is 0. The highest BCUT2D eigenvalue weighted by atomic mass is 127. The maximum atomic E-state index is 10.4. The highest BCUT2D eigenvalue weighted by molar-refractivity contribution is 14.0. The predicted octanol–water partition coefficient (Wildman–Crippen LogP) is 3.26. The van der Waals surface area contributed by atoms with Gasteiger partial charge in [-0.2, -0.15) is 0 Å². The van der Waals surface area contributed by atoms with Gasteiger partial charge >= 0.3 is 0 Å². The Bertz CT molecular complexity index is 402. The number of aliphatic hydroxyl groups excluding tert-OH is 1. The number of aliphatic imine (C=N–C) groups is 1. The molecule has 0 bridgehead atoms. The van der Waals surface area contributed by atoms with E-state index in [9.17, 15) is 5.11 Å². The van der Waals surface area contributed by atoms with Crippen LogP contribution in [0, 0.1) is 11.3 Å². The van der Waals surface area contributed by atoms with Crippen LogP contribution in [0.2, 0.25) is 0 Å². The van der Waals surface area contributed by atoms with Gasteiger partial charge in [-0.1, -0.05) is 19.8 Å². The van der Waals surface area contributed by atoms with Crippen LogP contribution in [-0.4, -0.2) is 62.0 Å². The van der Waals surface area contributed by atoms with E-state index < -0.39 is 0 Å². The molecule has 25 heavy (non-hydrogen) atoms. The first-order valence-electron chi connectivity index (χ1n) is 9.80. The Hall–Kier alpha value is -0.0800. The molecule has 0 amide bonds. The molecule has 1 saturated carbocycles. The van der Waals surface area contributed by atoms with Gasteiger partial charge in [0.05, 0.1) is 12.6 Å². The second-order valence-corrected chi connectivity index (χ2v) is 7.85. The minimum Gasteiger partial charge on any atom is -0.392 e. The molecule has 6 heteroatoms. The maximum absolute atomic E-state index is 10.4. The fraction of sp³-hybridized carbons (Fsp3) is 0.947. The fourth-order valence-corrected chi connectivity index (χ4v) is 3.81. The maximum Gasteiger partial charge on any atom is 0.193 e. The van der Waals surface area contributed by atoms with Crippen molar-refractivity contribution in [2.24, 2.45) is 16.3 Å². The molecule has 0 aromatic carbocycles. The minimum atomic E-state index is -0.217. The van der Waals surface area contributed by atoms with Gasteiger partial charge in [0, 0.05) is 38.8 Å². The number of aliphatic hydroxyl groups is 1. The van der Waals surface area contributed by atoms with Gasteiger partial charge in [-0.05, 0) is 44.9 Å². The van der Waals surface area contributed by atoms with Crippen LogP contribution in [0.1, 0.15) is 58.8 Å². The SMILES string of the molecule is CCNC(=NCC1(C)CCCCC1O)N(C)CCC1CCOCC1.I. The number of halogens is 1. The molecular weight excluding hydrogens is 429 g/mol. The molecule has 2 aliphatic rings. The van der Waals surface area contributed by atoms with Crippen LogP contribution in [0.3, 0.4) is 0 Å². The summed E-state index contributed by atoms with van der Waals surface area (Å²) in [5.74, 6) is 1.75. The van der Waals surface area contributed by atoms with E-state index in [0.717, 1.165) is 57.4 Å². The van der Waals surface area contributed by atoms with Gasteiger partial charge in [-0.3, -0.25) is 4.99 Å². The van der Waals surface area contributed by atoms with Crippen LogP contribution in [0.25, 0.3) is 0 Å². The topological polar surface area (TPSA) is 57.1 Å². The zero-order chi connectivity index (χ0) is 17.4. The van der Waals surface area contributed by atoms with Crippen LogP contribution < -0.4 is 5.32 Å². The normalized spacial score (nSPS) is 28.3. The van der Waals surface area contributed by atoms with Gasteiger partial charge in [0.15, 0.2) is 5.96 Å². The van der Waals surface area contributed by atoms with Crippen molar-refractivity contribution in [2.45, 2.75) is 64.9 Å². The largest absolute Gasteiger partial charge is 0.392 e. The minimum absolute atomic E-state index is 0. The Labute approximate surface area is 171 Å². The molecule has 2 atom stereocenters. The van der Waals surface area contributed by atoms with Crippen molar-refractivity contribution in [3.05, 3.63) is 0 Å². The summed E-state index contributed by atoms with van der Waals surface area (Å²) in [6.07, 6.45) is 7.70. The third kappa shape index (κ3) is 7.21. The van der Waals surface area contributed by atoms with Gasteiger partial charge in [0.1, 0.15) is 0 Å². The number of guanidine groups is 1. The second kappa shape index (κ2) is 11.6. The Kier molecular flexibility index (Phi) is 10.6. The Morgan fingerprint density at radius 1 is 1.28 bits per heavy atom. The molecular formula is C19H38IN3O2. The monoisotopic (exact) mass is 467 g/mol. The van der Waals surface area contributed by atoms with Crippen molar-refractivity contribution >= 4 is 29.9 Å². The Morgan fingerprint density at radius 3 is 2.64 bits per heavy atom. The number of nitrogens with one attached hydrogen (secondary N) is 1. The molecule has 0 spiro atoms. The zero-order valence-corrected chi connectivity index (χ0v) is 18.6. The van der Waals surface area contributed by atoms with Gasteiger partial charge in [-0.15, -0.1) is 24.0 Å². The lowest BCUT2D eigenvalue weighted by atomic mass is 9.73. The summed E-state index contributed by atoms with van der Waals surface area (Å²) in [7, 11) is 2.13. The van der Waals surface area contributed by atoms with Crippen LogP contribution in [0.5, 0.6) is 0 Å². The van der Waals surface area contributed by atoms with Crippen LogP contribution >= 0.6 is 24.0 Å². The Balaban J connectivity index is 0.00000312. The lowest BCUT2D eigenvalue weighted by Gasteiger charge is -2.37. The molecule has 0 aromatic heterocycles. The van der Waals surface area contributed by atoms with Crippen LogP contribution in [-0.2, 0) is 4.74 Å². The van der Waals surface area contributed by atoms with Gasteiger partial charge < -0.3 is 20.1 Å². The number of hydrogen-bond acceptors (Lipinski definition) is 3. The first-order valence-corrected chi connectivity index (χ1v) is 9.80. The highest BCUT2D eigenvalue weighted by Crippen LogP contribution is 2.36. The third-order valence-electron chi connectivity index (χ3n) is 5.78. The van der Waals surface area contributed by atoms with Gasteiger partial charge in [-0.25, -0.2) is 0 Å². The summed E-state index contributed by atoms with van der Waals surface area (Å²) in [6, 6.07) is 0. The van der Waals surface area contributed by atoms with E-state index in [0.29, 0.717) is 6.54 Å². The lowest BCUT2D eigenvalue weighted by Crippen LogP contribution is -2.43. The van der Waals surface area contributed by atoms with Crippen molar-refractivity contribution in [2.75, 3.05) is 39.9 Å². The van der Waals surface area contributed by atoms with Crippen molar-refractivity contribution < 1.29 is 9.84 Å². The number of nitrogens with zero attached hydrogens (tertiary/aromatic N) is 2. The lowest BCUT2D eigenvalue weighted by molar-refractivity contribution is 0.00705. The summed E-state index contributed by atoms with van der Waals surface area (Å²) in [5, 5.41) is 13.8. The van der Waals surface area contributed by atoms with Gasteiger partial charge in [0.2, 0.25) is 0 Å². The summed E-state index contributed by atoms with van der Waals surface area (Å²) in [5.41, 5.74) is -0.0690. The van der Waals surface area contributed by atoms with E-state index in [-0.39, 0.29) is 35.5 Å². The first kappa shape index (κ1) is 23.0. The molecule has 1 aliphatic carbocycles. The molecule has 0 radical (unpaired) electrons. The number of hydrogen-bond donors (Lipinski definition) is 2. The fourth-order valence-electron chi connectivity index (χ4n) is 3.81. The Morgan fingerprint density at radius 2 is 2.00 bits per heavy atom. The molecule has 2 rings (SSSR count). The van der Waals surface area contributed by atoms with Crippen LogP contribution in [0.15, 0.2) is 4.99 Å². The molecule has 5 nitrogen and oxygen atoms in total. The molecule has 2 unspecified atom stereocenters. The van der Waals surface area contributed by atoms with E-state index in [1.165, 1.54) is 25.7 Å². The molecule has 1 saturated heterocycles. The second-order valence-electron chi connectivity index (χ2n) is 7.85. The summed E-state index contributed by atoms with van der Waals surface area (Å²) < 4.78 is 5.45. The third-order valence-corrected chi connectivity index (χ3v) is 5.78. The average Bonchev–Trinajstić information content (AvgIpc) is 2.60. The van der Waals surface area contributed by atoms with Gasteiger partial charge in [0.25, 0.3) is 0 Å². The molecule has 0 aromatic rings. The van der Waals surface area contributed by atoms with Crippen LogP contribution in [0.4, 0.5) is 0 Å². The standard InChI is InChI=1S/C19H37N3O2.HI/c1-4-20-18(21-15-19(2)11-6-5-7-17(19)23)22(3)12-8-16-9-13-24-14-10-16;/h16-17,23H,4-15H2,1-3H3,(H,20,21);1H. The smallest absolute Gasteiger partial charge is 0.193 e. The van der Waals surface area contributed by atoms with E-state index in [4.69, 9.17) is 9.73 Å². The summed E-state index contributed by atoms with van der Waals surface area (Å²) in [4.78, 5) is 7.12. The summed E-state index contributed by atoms with van der Waals surface area (Å²) in [6.45, 7) is 8.73. The first-order chi connectivity index (χ1) is 11.5. The molecule has 2 N–H and O–H groups in total. The number of ether oxygens (including phenoxy) is 1. The van der Waals surface area contributed by atoms with Crippen molar-refractivity contribution in [3.63, 3.8) is 0 Å². The van der Waals surface area contributed by atoms with E-state index in [1.807, 2.05) is 0 Å². The molecule has 1 heterocycles.